The second-order valence-corrected chi connectivity index (χ2v) is 4.12. The predicted molar refractivity (Wildman–Crippen MR) is 56.0 cm³/mol. The molecule has 0 radical (unpaired) electrons. The van der Waals surface area contributed by atoms with E-state index in [1.54, 1.807) is 12.1 Å². The molecule has 0 bridgehead atoms. The van der Waals surface area contributed by atoms with Crippen molar-refractivity contribution in [2.45, 2.75) is 26.4 Å². The first-order valence-corrected chi connectivity index (χ1v) is 5.01. The van der Waals surface area contributed by atoms with Crippen molar-refractivity contribution in [1.82, 2.24) is 0 Å². The van der Waals surface area contributed by atoms with Gasteiger partial charge in [-0.1, -0.05) is 31.5 Å². The van der Waals surface area contributed by atoms with Gasteiger partial charge in [-0.2, -0.15) is 0 Å². The Morgan fingerprint density at radius 1 is 1.43 bits per heavy atom. The van der Waals surface area contributed by atoms with E-state index in [0.717, 1.165) is 0 Å². The fourth-order valence-corrected chi connectivity index (χ4v) is 1.41. The molecule has 0 spiro atoms. The first-order chi connectivity index (χ1) is 6.52. The summed E-state index contributed by atoms with van der Waals surface area (Å²) in [6.07, 6.45) is -0.284. The normalized spacial score (nSPS) is 13.3. The maximum atomic E-state index is 13.3. The maximum absolute atomic E-state index is 13.3. The number of aliphatic hydroxyl groups is 1. The Bertz CT molecular complexity index is 292. The quantitative estimate of drug-likeness (QED) is 0.824. The monoisotopic (exact) mass is 216 g/mol. The van der Waals surface area contributed by atoms with Gasteiger partial charge in [0.2, 0.25) is 0 Å². The molecule has 3 heteroatoms. The number of benzene rings is 1. The van der Waals surface area contributed by atoms with Gasteiger partial charge in [0.15, 0.2) is 0 Å². The van der Waals surface area contributed by atoms with Crippen molar-refractivity contribution in [3.63, 3.8) is 0 Å². The Morgan fingerprint density at radius 2 is 2.07 bits per heavy atom. The Hall–Kier alpha value is -0.600. The van der Waals surface area contributed by atoms with Gasteiger partial charge in [-0.05, 0) is 18.1 Å². The van der Waals surface area contributed by atoms with Crippen LogP contribution in [0.5, 0.6) is 0 Å². The minimum atomic E-state index is -0.551. The van der Waals surface area contributed by atoms with Gasteiger partial charge < -0.3 is 5.11 Å². The highest BCUT2D eigenvalue weighted by Gasteiger charge is 2.15. The molecule has 0 saturated carbocycles. The lowest BCUT2D eigenvalue weighted by Gasteiger charge is -2.15. The topological polar surface area (TPSA) is 20.2 Å². The molecule has 78 valence electrons. The predicted octanol–water partition coefficient (Wildman–Crippen LogP) is 3.04. The van der Waals surface area contributed by atoms with Crippen LogP contribution in [0.3, 0.4) is 0 Å². The lowest BCUT2D eigenvalue weighted by molar-refractivity contribution is 0.125. The highest BCUT2D eigenvalue weighted by molar-refractivity contribution is 6.31. The third kappa shape index (κ3) is 2.69. The molecule has 0 aliphatic carbocycles. The molecular weight excluding hydrogens is 203 g/mol. The maximum Gasteiger partial charge on any atom is 0.127 e. The highest BCUT2D eigenvalue weighted by Crippen LogP contribution is 2.22. The van der Waals surface area contributed by atoms with Crippen LogP contribution >= 0.6 is 11.6 Å². The van der Waals surface area contributed by atoms with E-state index < -0.39 is 6.10 Å². The lowest BCUT2D eigenvalue weighted by Crippen LogP contribution is -2.18. The van der Waals surface area contributed by atoms with Crippen molar-refractivity contribution < 1.29 is 9.50 Å². The van der Waals surface area contributed by atoms with Crippen LogP contribution in [0, 0.1) is 11.7 Å². The van der Waals surface area contributed by atoms with Crippen LogP contribution in [0.2, 0.25) is 5.02 Å². The summed E-state index contributed by atoms with van der Waals surface area (Å²) in [5, 5.41) is 9.98. The van der Waals surface area contributed by atoms with E-state index in [1.807, 2.05) is 13.8 Å². The Balaban J connectivity index is 2.85. The summed E-state index contributed by atoms with van der Waals surface area (Å²) in [6, 6.07) is 4.55. The molecule has 1 atom stereocenters. The second-order valence-electron chi connectivity index (χ2n) is 3.72. The summed E-state index contributed by atoms with van der Waals surface area (Å²) >= 11 is 5.83. The van der Waals surface area contributed by atoms with Gasteiger partial charge in [0.1, 0.15) is 5.82 Å². The minimum absolute atomic E-state index is 0.102. The standard InChI is InChI=1S/C11H14ClFO/c1-7(2)11(14)6-8-9(12)4-3-5-10(8)13/h3-5,7,11,14H,6H2,1-2H3. The van der Waals surface area contributed by atoms with Crippen LogP contribution in [0.4, 0.5) is 4.39 Å². The molecule has 1 N–H and O–H groups in total. The Labute approximate surface area is 88.5 Å². The zero-order valence-electron chi connectivity index (χ0n) is 8.30. The molecule has 14 heavy (non-hydrogen) atoms. The third-order valence-electron chi connectivity index (χ3n) is 2.24. The van der Waals surface area contributed by atoms with E-state index in [9.17, 15) is 9.50 Å². The lowest BCUT2D eigenvalue weighted by atomic mass is 9.99. The Kier molecular flexibility index (Phi) is 3.90. The molecule has 0 amide bonds. The van der Waals surface area contributed by atoms with Crippen LogP contribution in [-0.4, -0.2) is 11.2 Å². The molecular formula is C11H14ClFO. The summed E-state index contributed by atoms with van der Waals surface area (Å²) < 4.78 is 13.3. The third-order valence-corrected chi connectivity index (χ3v) is 2.60. The minimum Gasteiger partial charge on any atom is -0.393 e. The first kappa shape index (κ1) is 11.5. The SMILES string of the molecule is CC(C)C(O)Cc1c(F)cccc1Cl. The molecule has 0 aliphatic rings. The van der Waals surface area contributed by atoms with Crippen molar-refractivity contribution >= 4 is 11.6 Å². The fourth-order valence-electron chi connectivity index (χ4n) is 1.17. The molecule has 1 aromatic carbocycles. The molecule has 1 nitrogen and oxygen atoms in total. The van der Waals surface area contributed by atoms with E-state index in [4.69, 9.17) is 11.6 Å². The van der Waals surface area contributed by atoms with Crippen LogP contribution < -0.4 is 0 Å². The molecule has 0 aromatic heterocycles. The second kappa shape index (κ2) is 4.76. The summed E-state index contributed by atoms with van der Waals surface area (Å²) in [5.41, 5.74) is 0.398. The van der Waals surface area contributed by atoms with Crippen LogP contribution in [0.1, 0.15) is 19.4 Å². The van der Waals surface area contributed by atoms with E-state index in [2.05, 4.69) is 0 Å². The van der Waals surface area contributed by atoms with Gasteiger partial charge in [-0.15, -0.1) is 0 Å². The Morgan fingerprint density at radius 3 is 2.57 bits per heavy atom. The summed E-state index contributed by atoms with van der Waals surface area (Å²) in [4.78, 5) is 0. The van der Waals surface area contributed by atoms with E-state index >= 15 is 0 Å². The van der Waals surface area contributed by atoms with Crippen molar-refractivity contribution in [2.75, 3.05) is 0 Å². The number of aliphatic hydroxyl groups excluding tert-OH is 1. The molecule has 0 heterocycles. The number of hydrogen-bond donors (Lipinski definition) is 1. The van der Waals surface area contributed by atoms with Gasteiger partial charge >= 0.3 is 0 Å². The van der Waals surface area contributed by atoms with Gasteiger partial charge in [0, 0.05) is 17.0 Å². The smallest absolute Gasteiger partial charge is 0.127 e. The largest absolute Gasteiger partial charge is 0.393 e. The molecule has 0 fully saturated rings. The fraction of sp³-hybridized carbons (Fsp3) is 0.455. The molecule has 0 saturated heterocycles. The zero-order chi connectivity index (χ0) is 10.7. The zero-order valence-corrected chi connectivity index (χ0v) is 9.05. The van der Waals surface area contributed by atoms with Crippen molar-refractivity contribution in [3.8, 4) is 0 Å². The van der Waals surface area contributed by atoms with Gasteiger partial charge in [0.25, 0.3) is 0 Å². The van der Waals surface area contributed by atoms with Crippen LogP contribution in [-0.2, 0) is 6.42 Å². The number of halogens is 2. The summed E-state index contributed by atoms with van der Waals surface area (Å²) in [6.45, 7) is 3.78. The summed E-state index contributed by atoms with van der Waals surface area (Å²) in [7, 11) is 0. The van der Waals surface area contributed by atoms with Crippen molar-refractivity contribution in [2.24, 2.45) is 5.92 Å². The van der Waals surface area contributed by atoms with Gasteiger partial charge in [0.05, 0.1) is 6.10 Å². The summed E-state index contributed by atoms with van der Waals surface area (Å²) in [5.74, 6) is -0.247. The van der Waals surface area contributed by atoms with Crippen LogP contribution in [0.25, 0.3) is 0 Å². The van der Waals surface area contributed by atoms with Crippen molar-refractivity contribution in [3.05, 3.63) is 34.6 Å². The number of hydrogen-bond acceptors (Lipinski definition) is 1. The molecule has 1 unspecified atom stereocenters. The van der Waals surface area contributed by atoms with E-state index in [-0.39, 0.29) is 18.2 Å². The van der Waals surface area contributed by atoms with Crippen LogP contribution in [0.15, 0.2) is 18.2 Å². The first-order valence-electron chi connectivity index (χ1n) is 4.63. The average Bonchev–Trinajstić information content (AvgIpc) is 2.11. The molecule has 1 rings (SSSR count). The van der Waals surface area contributed by atoms with E-state index in [1.165, 1.54) is 6.07 Å². The van der Waals surface area contributed by atoms with Gasteiger partial charge in [-0.3, -0.25) is 0 Å². The molecule has 0 aliphatic heterocycles. The van der Waals surface area contributed by atoms with Crippen molar-refractivity contribution in [1.29, 1.82) is 0 Å². The van der Waals surface area contributed by atoms with E-state index in [0.29, 0.717) is 10.6 Å². The average molecular weight is 217 g/mol. The number of rotatable bonds is 3. The highest BCUT2D eigenvalue weighted by atomic mass is 35.5. The van der Waals surface area contributed by atoms with Gasteiger partial charge in [-0.25, -0.2) is 4.39 Å². The molecule has 1 aromatic rings.